The Balaban J connectivity index is 1.70. The van der Waals surface area contributed by atoms with Crippen LogP contribution in [-0.4, -0.2) is 44.9 Å². The van der Waals surface area contributed by atoms with Gasteiger partial charge in [0.2, 0.25) is 0 Å². The number of aliphatic hydroxyl groups is 1. The summed E-state index contributed by atoms with van der Waals surface area (Å²) in [7, 11) is -3.12. The third kappa shape index (κ3) is 4.87. The number of fused-ring (bicyclic) bond motifs is 1. The Morgan fingerprint density at radius 2 is 1.97 bits per heavy atom. The zero-order valence-corrected chi connectivity index (χ0v) is 19.2. The van der Waals surface area contributed by atoms with Crippen molar-refractivity contribution in [1.29, 1.82) is 0 Å². The van der Waals surface area contributed by atoms with E-state index >= 15 is 0 Å². The predicted molar refractivity (Wildman–Crippen MR) is 123 cm³/mol. The molecule has 0 amide bonds. The fraction of sp³-hybridized carbons (Fsp3) is 0.409. The molecule has 0 aromatic heterocycles. The third-order valence-electron chi connectivity index (χ3n) is 5.42. The van der Waals surface area contributed by atoms with E-state index in [9.17, 15) is 13.5 Å². The van der Waals surface area contributed by atoms with Crippen LogP contribution in [0.3, 0.4) is 0 Å². The van der Waals surface area contributed by atoms with Gasteiger partial charge in [0.15, 0.2) is 15.6 Å². The van der Waals surface area contributed by atoms with E-state index < -0.39 is 9.84 Å². The van der Waals surface area contributed by atoms with Crippen molar-refractivity contribution in [2.45, 2.75) is 43.6 Å². The molecule has 0 saturated heterocycles. The first kappa shape index (κ1) is 21.3. The van der Waals surface area contributed by atoms with Gasteiger partial charge in [-0.25, -0.2) is 8.42 Å². The van der Waals surface area contributed by atoms with Crippen LogP contribution in [-0.2, 0) is 15.6 Å². The second-order valence-corrected chi connectivity index (χ2v) is 11.0. The highest BCUT2D eigenvalue weighted by atomic mass is 79.9. The number of benzene rings is 2. The number of rotatable bonds is 5. The van der Waals surface area contributed by atoms with Crippen molar-refractivity contribution >= 4 is 43.4 Å². The predicted octanol–water partition coefficient (Wildman–Crippen LogP) is 4.20. The van der Waals surface area contributed by atoms with Gasteiger partial charge in [-0.1, -0.05) is 12.1 Å². The number of nitrogens with zero attached hydrogens (tertiary/aromatic N) is 2. The van der Waals surface area contributed by atoms with Gasteiger partial charge in [0, 0.05) is 23.7 Å². The second-order valence-electron chi connectivity index (χ2n) is 7.98. The Bertz CT molecular complexity index is 1060. The lowest BCUT2D eigenvalue weighted by Crippen LogP contribution is -2.28. The van der Waals surface area contributed by atoms with Crippen molar-refractivity contribution < 1.29 is 18.3 Å². The van der Waals surface area contributed by atoms with Gasteiger partial charge in [0.25, 0.3) is 0 Å². The van der Waals surface area contributed by atoms with Crippen molar-refractivity contribution in [1.82, 2.24) is 0 Å². The molecule has 2 aromatic rings. The molecule has 0 unspecified atom stereocenters. The molecule has 1 aliphatic carbocycles. The summed E-state index contributed by atoms with van der Waals surface area (Å²) in [5, 5.41) is 9.80. The van der Waals surface area contributed by atoms with E-state index in [1.54, 1.807) is 0 Å². The van der Waals surface area contributed by atoms with Gasteiger partial charge in [-0.2, -0.15) is 0 Å². The summed E-state index contributed by atoms with van der Waals surface area (Å²) in [6, 6.07) is 11.5. The minimum Gasteiger partial charge on any atom is -0.487 e. The lowest BCUT2D eigenvalue weighted by atomic mass is 9.95. The Morgan fingerprint density at radius 3 is 2.70 bits per heavy atom. The molecule has 1 fully saturated rings. The molecule has 1 aliphatic heterocycles. The minimum atomic E-state index is -3.12. The highest BCUT2D eigenvalue weighted by Gasteiger charge is 2.27. The molecule has 1 N–H and O–H groups in total. The monoisotopic (exact) mass is 492 g/mol. The quantitative estimate of drug-likeness (QED) is 0.676. The second kappa shape index (κ2) is 8.69. The number of hydrogen-bond acceptors (Lipinski definition) is 6. The summed E-state index contributed by atoms with van der Waals surface area (Å²) in [4.78, 5) is 6.54. The van der Waals surface area contributed by atoms with Gasteiger partial charge in [0.1, 0.15) is 6.67 Å². The number of hydrogen-bond donors (Lipinski definition) is 1. The molecule has 0 radical (unpaired) electrons. The molecule has 1 heterocycles. The summed E-state index contributed by atoms with van der Waals surface area (Å²) in [6.07, 6.45) is 6.02. The maximum absolute atomic E-state index is 11.7. The van der Waals surface area contributed by atoms with Crippen LogP contribution < -0.4 is 9.64 Å². The molecule has 160 valence electrons. The zero-order chi connectivity index (χ0) is 21.3. The molecular weight excluding hydrogens is 468 g/mol. The van der Waals surface area contributed by atoms with Gasteiger partial charge in [-0.05, 0) is 71.4 Å². The van der Waals surface area contributed by atoms with Crippen molar-refractivity contribution in [2.75, 3.05) is 17.8 Å². The molecule has 6 nitrogen and oxygen atoms in total. The third-order valence-corrected chi connectivity index (χ3v) is 6.90. The molecule has 0 spiro atoms. The summed E-state index contributed by atoms with van der Waals surface area (Å²) in [5.41, 5.74) is 3.48. The molecular formula is C22H25BrN2O4S. The molecule has 2 aromatic carbocycles. The standard InChI is InChI=1S/C22H25BrN2O4S/c1-30(27,28)13-15-3-2-4-17(11-15)25-14-24-12-16-5-10-20(23)22(21(16)25)29-19-8-6-18(26)7-9-19/h2-5,10-12,18-19,26H,6-9,13-14H2,1H3/t18-,19+. The van der Waals surface area contributed by atoms with E-state index in [4.69, 9.17) is 4.74 Å². The Labute approximate surface area is 185 Å². The highest BCUT2D eigenvalue weighted by molar-refractivity contribution is 9.10. The van der Waals surface area contributed by atoms with Crippen molar-refractivity contribution in [2.24, 2.45) is 4.99 Å². The van der Waals surface area contributed by atoms with E-state index in [1.165, 1.54) is 6.26 Å². The van der Waals surface area contributed by atoms with E-state index in [-0.39, 0.29) is 18.0 Å². The zero-order valence-electron chi connectivity index (χ0n) is 16.8. The van der Waals surface area contributed by atoms with Crippen LogP contribution in [0.4, 0.5) is 11.4 Å². The van der Waals surface area contributed by atoms with Crippen LogP contribution in [0.1, 0.15) is 36.8 Å². The van der Waals surface area contributed by atoms with Crippen LogP contribution in [0.25, 0.3) is 0 Å². The summed E-state index contributed by atoms with van der Waals surface area (Å²) in [6.45, 7) is 0.422. The largest absolute Gasteiger partial charge is 0.487 e. The van der Waals surface area contributed by atoms with Gasteiger partial charge in [-0.3, -0.25) is 4.99 Å². The van der Waals surface area contributed by atoms with Crippen LogP contribution in [0.5, 0.6) is 5.75 Å². The summed E-state index contributed by atoms with van der Waals surface area (Å²) < 4.78 is 30.8. The molecule has 0 bridgehead atoms. The smallest absolute Gasteiger partial charge is 0.158 e. The average molecular weight is 493 g/mol. The van der Waals surface area contributed by atoms with E-state index in [1.807, 2.05) is 42.6 Å². The Hall–Kier alpha value is -1.90. The number of aliphatic hydroxyl groups excluding tert-OH is 1. The Morgan fingerprint density at radius 1 is 1.20 bits per heavy atom. The van der Waals surface area contributed by atoms with E-state index in [2.05, 4.69) is 25.8 Å². The van der Waals surface area contributed by atoms with Crippen LogP contribution >= 0.6 is 15.9 Å². The van der Waals surface area contributed by atoms with Crippen molar-refractivity contribution in [3.05, 3.63) is 52.0 Å². The molecule has 30 heavy (non-hydrogen) atoms. The first-order chi connectivity index (χ1) is 14.3. The average Bonchev–Trinajstić information content (AvgIpc) is 2.70. The van der Waals surface area contributed by atoms with Gasteiger partial charge >= 0.3 is 0 Å². The molecule has 1 saturated carbocycles. The van der Waals surface area contributed by atoms with Gasteiger partial charge in [-0.15, -0.1) is 0 Å². The van der Waals surface area contributed by atoms with E-state index in [0.29, 0.717) is 6.67 Å². The summed E-state index contributed by atoms with van der Waals surface area (Å²) in [5.74, 6) is 0.755. The number of aliphatic imine (C=N–C) groups is 1. The fourth-order valence-electron chi connectivity index (χ4n) is 4.01. The van der Waals surface area contributed by atoms with Crippen LogP contribution in [0, 0.1) is 0 Å². The topological polar surface area (TPSA) is 79.2 Å². The van der Waals surface area contributed by atoms with Gasteiger partial charge in [0.05, 0.1) is 28.1 Å². The normalized spacial score (nSPS) is 21.4. The molecule has 0 atom stereocenters. The number of anilines is 2. The first-order valence-electron chi connectivity index (χ1n) is 10.0. The molecule has 2 aliphatic rings. The molecule has 8 heteroatoms. The van der Waals surface area contributed by atoms with E-state index in [0.717, 1.165) is 58.4 Å². The first-order valence-corrected chi connectivity index (χ1v) is 12.9. The van der Waals surface area contributed by atoms with Crippen LogP contribution in [0.15, 0.2) is 45.9 Å². The Kier molecular flexibility index (Phi) is 6.18. The minimum absolute atomic E-state index is 0.00293. The SMILES string of the molecule is CS(=O)(=O)Cc1cccc(N2CN=Cc3ccc(Br)c(O[C@H]4CC[C@@H](O)CC4)c32)c1. The highest BCUT2D eigenvalue weighted by Crippen LogP contribution is 2.44. The summed E-state index contributed by atoms with van der Waals surface area (Å²) >= 11 is 3.64. The molecule has 4 rings (SSSR count). The van der Waals surface area contributed by atoms with Gasteiger partial charge < -0.3 is 14.7 Å². The number of halogens is 1. The van der Waals surface area contributed by atoms with Crippen LogP contribution in [0.2, 0.25) is 0 Å². The fourth-order valence-corrected chi connectivity index (χ4v) is 5.20. The number of sulfone groups is 1. The lowest BCUT2D eigenvalue weighted by molar-refractivity contribution is 0.0664. The maximum atomic E-state index is 11.7. The van der Waals surface area contributed by atoms with Crippen molar-refractivity contribution in [3.8, 4) is 5.75 Å². The number of ether oxygens (including phenoxy) is 1. The van der Waals surface area contributed by atoms with Crippen molar-refractivity contribution in [3.63, 3.8) is 0 Å². The maximum Gasteiger partial charge on any atom is 0.158 e. The lowest BCUT2D eigenvalue weighted by Gasteiger charge is -2.33.